The summed E-state index contributed by atoms with van der Waals surface area (Å²) in [6, 6.07) is 20.5. The summed E-state index contributed by atoms with van der Waals surface area (Å²) >= 11 is 1.46. The molecule has 0 saturated carbocycles. The summed E-state index contributed by atoms with van der Waals surface area (Å²) in [7, 11) is 0. The predicted octanol–water partition coefficient (Wildman–Crippen LogP) is 6.62. The standard InChI is InChI=1S/C27H18F3N3O2S/c28-27(29,30)26(34)35-25-21-12-20(17-4-2-1-3-5-17)23(18-8-6-16(13-31)7-9-18)33-24(21)22(14-32-25)19-10-11-36-15-19/h1-12,14-15H,13,31H2. The Kier molecular flexibility index (Phi) is 6.26. The van der Waals surface area contributed by atoms with Crippen molar-refractivity contribution in [2.75, 3.05) is 0 Å². The van der Waals surface area contributed by atoms with Crippen LogP contribution in [0.3, 0.4) is 0 Å². The van der Waals surface area contributed by atoms with Gasteiger partial charge in [-0.2, -0.15) is 24.5 Å². The van der Waals surface area contributed by atoms with E-state index in [1.54, 1.807) is 6.07 Å². The van der Waals surface area contributed by atoms with Gasteiger partial charge in [0.05, 0.1) is 16.6 Å². The van der Waals surface area contributed by atoms with Crippen LogP contribution in [0.4, 0.5) is 13.2 Å². The fourth-order valence-corrected chi connectivity index (χ4v) is 4.50. The van der Waals surface area contributed by atoms with E-state index in [1.165, 1.54) is 17.5 Å². The molecule has 2 N–H and O–H groups in total. The summed E-state index contributed by atoms with van der Waals surface area (Å²) in [6.45, 7) is 0.388. The number of halogens is 3. The van der Waals surface area contributed by atoms with Gasteiger partial charge in [-0.15, -0.1) is 0 Å². The molecule has 0 saturated heterocycles. The van der Waals surface area contributed by atoms with Crippen LogP contribution in [-0.2, 0) is 11.3 Å². The molecule has 0 aliphatic rings. The molecule has 0 radical (unpaired) electrons. The minimum atomic E-state index is -5.17. The molecule has 0 unspecified atom stereocenters. The van der Waals surface area contributed by atoms with Crippen LogP contribution in [-0.4, -0.2) is 22.1 Å². The smallest absolute Gasteiger partial charge is 0.400 e. The average Bonchev–Trinajstić information content (AvgIpc) is 3.43. The molecular weight excluding hydrogens is 487 g/mol. The zero-order valence-electron chi connectivity index (χ0n) is 18.6. The van der Waals surface area contributed by atoms with Crippen LogP contribution >= 0.6 is 11.3 Å². The van der Waals surface area contributed by atoms with E-state index < -0.39 is 18.0 Å². The number of aromatic nitrogens is 2. The Hall–Kier alpha value is -4.08. The van der Waals surface area contributed by atoms with Gasteiger partial charge in [0.1, 0.15) is 0 Å². The summed E-state index contributed by atoms with van der Waals surface area (Å²) in [5.41, 5.74) is 11.3. The zero-order valence-corrected chi connectivity index (χ0v) is 19.4. The van der Waals surface area contributed by atoms with Gasteiger partial charge in [0.25, 0.3) is 0 Å². The van der Waals surface area contributed by atoms with E-state index in [-0.39, 0.29) is 5.39 Å². The molecule has 9 heteroatoms. The van der Waals surface area contributed by atoms with Crippen molar-refractivity contribution in [2.24, 2.45) is 5.73 Å². The number of carbonyl (C=O) groups excluding carboxylic acids is 1. The van der Waals surface area contributed by atoms with Crippen molar-refractivity contribution in [3.8, 4) is 39.4 Å². The predicted molar refractivity (Wildman–Crippen MR) is 133 cm³/mol. The highest BCUT2D eigenvalue weighted by Crippen LogP contribution is 2.40. The van der Waals surface area contributed by atoms with Gasteiger partial charge < -0.3 is 10.5 Å². The Morgan fingerprint density at radius 3 is 2.33 bits per heavy atom. The molecule has 0 amide bonds. The van der Waals surface area contributed by atoms with Gasteiger partial charge in [-0.05, 0) is 39.6 Å². The van der Waals surface area contributed by atoms with Crippen LogP contribution in [0.5, 0.6) is 5.88 Å². The number of rotatable bonds is 5. The Morgan fingerprint density at radius 2 is 1.69 bits per heavy atom. The maximum Gasteiger partial charge on any atom is 0.491 e. The van der Waals surface area contributed by atoms with Gasteiger partial charge in [0.2, 0.25) is 5.88 Å². The fourth-order valence-electron chi connectivity index (χ4n) is 3.85. The summed E-state index contributed by atoms with van der Waals surface area (Å²) < 4.78 is 43.7. The molecule has 5 rings (SSSR count). The third-order valence-electron chi connectivity index (χ3n) is 5.62. The number of hydrogen-bond donors (Lipinski definition) is 1. The number of carbonyl (C=O) groups is 1. The first-order valence-corrected chi connectivity index (χ1v) is 11.8. The third-order valence-corrected chi connectivity index (χ3v) is 6.30. The van der Waals surface area contributed by atoms with E-state index in [0.29, 0.717) is 28.9 Å². The minimum Gasteiger partial charge on any atom is -0.400 e. The van der Waals surface area contributed by atoms with Crippen molar-refractivity contribution in [3.63, 3.8) is 0 Å². The lowest BCUT2D eigenvalue weighted by atomic mass is 9.96. The summed E-state index contributed by atoms with van der Waals surface area (Å²) in [5, 5.41) is 3.96. The third kappa shape index (κ3) is 4.58. The van der Waals surface area contributed by atoms with Crippen molar-refractivity contribution in [1.29, 1.82) is 0 Å². The van der Waals surface area contributed by atoms with Crippen molar-refractivity contribution in [2.45, 2.75) is 12.7 Å². The number of esters is 1. The second-order valence-electron chi connectivity index (χ2n) is 7.92. The lowest BCUT2D eigenvalue weighted by Gasteiger charge is -2.16. The van der Waals surface area contributed by atoms with Gasteiger partial charge in [-0.25, -0.2) is 14.8 Å². The topological polar surface area (TPSA) is 78.1 Å². The summed E-state index contributed by atoms with van der Waals surface area (Å²) in [4.78, 5) is 20.7. The molecule has 3 aromatic heterocycles. The second kappa shape index (κ2) is 9.52. The van der Waals surface area contributed by atoms with Crippen LogP contribution in [0.2, 0.25) is 0 Å². The molecule has 36 heavy (non-hydrogen) atoms. The number of hydrogen-bond acceptors (Lipinski definition) is 6. The lowest BCUT2D eigenvalue weighted by molar-refractivity contribution is -0.189. The number of pyridine rings is 2. The highest BCUT2D eigenvalue weighted by atomic mass is 32.1. The van der Waals surface area contributed by atoms with Gasteiger partial charge in [0.15, 0.2) is 0 Å². The Bertz CT molecular complexity index is 1540. The Balaban J connectivity index is 1.81. The average molecular weight is 506 g/mol. The molecule has 0 spiro atoms. The maximum absolute atomic E-state index is 13.0. The van der Waals surface area contributed by atoms with E-state index in [1.807, 2.05) is 71.4 Å². The molecule has 0 aliphatic carbocycles. The van der Waals surface area contributed by atoms with Crippen molar-refractivity contribution in [3.05, 3.63) is 89.3 Å². The Morgan fingerprint density at radius 1 is 0.944 bits per heavy atom. The molecule has 0 fully saturated rings. The number of nitrogens with two attached hydrogens (primary N) is 1. The van der Waals surface area contributed by atoms with E-state index in [9.17, 15) is 18.0 Å². The van der Waals surface area contributed by atoms with Crippen LogP contribution in [0.25, 0.3) is 44.4 Å². The number of thiophene rings is 1. The van der Waals surface area contributed by atoms with Crippen molar-refractivity contribution in [1.82, 2.24) is 9.97 Å². The van der Waals surface area contributed by atoms with E-state index in [2.05, 4.69) is 4.98 Å². The van der Waals surface area contributed by atoms with Crippen molar-refractivity contribution < 1.29 is 22.7 Å². The highest BCUT2D eigenvalue weighted by Gasteiger charge is 2.42. The molecule has 5 nitrogen and oxygen atoms in total. The number of ether oxygens (including phenoxy) is 1. The van der Waals surface area contributed by atoms with E-state index in [0.717, 1.165) is 22.3 Å². The number of fused-ring (bicyclic) bond motifs is 1. The number of alkyl halides is 3. The van der Waals surface area contributed by atoms with E-state index >= 15 is 0 Å². The molecule has 2 aromatic carbocycles. The van der Waals surface area contributed by atoms with E-state index in [4.69, 9.17) is 15.5 Å². The van der Waals surface area contributed by atoms with Gasteiger partial charge >= 0.3 is 12.1 Å². The maximum atomic E-state index is 13.0. The lowest BCUT2D eigenvalue weighted by Crippen LogP contribution is -2.28. The molecular formula is C27H18F3N3O2S. The van der Waals surface area contributed by atoms with Crippen LogP contribution in [0, 0.1) is 0 Å². The summed E-state index contributed by atoms with van der Waals surface area (Å²) in [5.74, 6) is -2.80. The first kappa shape index (κ1) is 23.7. The fraction of sp³-hybridized carbons (Fsp3) is 0.0741. The number of benzene rings is 2. The monoisotopic (exact) mass is 505 g/mol. The molecule has 180 valence electrons. The Labute approximate surface area is 208 Å². The first-order chi connectivity index (χ1) is 17.3. The second-order valence-corrected chi connectivity index (χ2v) is 8.70. The molecule has 0 bridgehead atoms. The first-order valence-electron chi connectivity index (χ1n) is 10.9. The van der Waals surface area contributed by atoms with Gasteiger partial charge in [-0.1, -0.05) is 54.6 Å². The van der Waals surface area contributed by atoms with Crippen LogP contribution < -0.4 is 10.5 Å². The molecule has 0 atom stereocenters. The van der Waals surface area contributed by atoms with Crippen molar-refractivity contribution >= 4 is 28.2 Å². The van der Waals surface area contributed by atoms with Crippen LogP contribution in [0.15, 0.2) is 83.7 Å². The van der Waals surface area contributed by atoms with Gasteiger partial charge in [0, 0.05) is 29.4 Å². The van der Waals surface area contributed by atoms with Gasteiger partial charge in [-0.3, -0.25) is 0 Å². The largest absolute Gasteiger partial charge is 0.491 e. The molecule has 5 aromatic rings. The normalized spacial score (nSPS) is 11.6. The quantitative estimate of drug-likeness (QED) is 0.272. The SMILES string of the molecule is NCc1ccc(-c2nc3c(-c4ccsc4)cnc(OC(=O)C(F)(F)F)c3cc2-c2ccccc2)cc1. The number of nitrogens with zero attached hydrogens (tertiary/aromatic N) is 2. The molecule has 3 heterocycles. The minimum absolute atomic E-state index is 0.192. The summed E-state index contributed by atoms with van der Waals surface area (Å²) in [6.07, 6.45) is -3.79. The molecule has 0 aliphatic heterocycles. The zero-order chi connectivity index (χ0) is 25.3. The van der Waals surface area contributed by atoms with Crippen LogP contribution in [0.1, 0.15) is 5.56 Å². The highest BCUT2D eigenvalue weighted by molar-refractivity contribution is 7.08.